The number of rotatable bonds is 5. The lowest BCUT2D eigenvalue weighted by Gasteiger charge is -2.34. The summed E-state index contributed by atoms with van der Waals surface area (Å²) in [4.78, 5) is 25.1. The van der Waals surface area contributed by atoms with Crippen LogP contribution >= 0.6 is 0 Å². The highest BCUT2D eigenvalue weighted by Crippen LogP contribution is 2.27. The van der Waals surface area contributed by atoms with Crippen molar-refractivity contribution >= 4 is 12.0 Å². The van der Waals surface area contributed by atoms with Crippen LogP contribution in [0, 0.1) is 11.3 Å². The number of urea groups is 1. The second kappa shape index (κ2) is 6.26. The average molecular weight is 270 g/mol. The summed E-state index contributed by atoms with van der Waals surface area (Å²) in [7, 11) is 0. The molecule has 1 fully saturated rings. The standard InChI is InChI=1S/C14H26N2O3/c1-5-16(9-10-7-6-8-10)13(19)15-11(12(17)18)14(2,3)4/h10-11H,5-9H2,1-4H3,(H,15,19)(H,17,18)/t11-/m0/s1. The molecule has 1 rings (SSSR count). The zero-order valence-corrected chi connectivity index (χ0v) is 12.4. The van der Waals surface area contributed by atoms with Crippen LogP contribution in [-0.2, 0) is 4.79 Å². The van der Waals surface area contributed by atoms with Crippen LogP contribution in [0.2, 0.25) is 0 Å². The summed E-state index contributed by atoms with van der Waals surface area (Å²) in [5.41, 5.74) is -0.503. The smallest absolute Gasteiger partial charge is 0.326 e. The molecule has 1 saturated carbocycles. The molecule has 0 radical (unpaired) electrons. The van der Waals surface area contributed by atoms with E-state index in [4.69, 9.17) is 0 Å². The van der Waals surface area contributed by atoms with E-state index in [0.717, 1.165) is 6.54 Å². The molecule has 0 aliphatic heterocycles. The first-order chi connectivity index (χ1) is 8.75. The van der Waals surface area contributed by atoms with Gasteiger partial charge in [-0.1, -0.05) is 27.2 Å². The van der Waals surface area contributed by atoms with Gasteiger partial charge < -0.3 is 15.3 Å². The lowest BCUT2D eigenvalue weighted by atomic mass is 9.85. The van der Waals surface area contributed by atoms with E-state index in [1.54, 1.807) is 4.90 Å². The average Bonchev–Trinajstić information content (AvgIpc) is 2.22. The number of hydrogen-bond donors (Lipinski definition) is 2. The first kappa shape index (κ1) is 15.8. The summed E-state index contributed by atoms with van der Waals surface area (Å²) in [5, 5.41) is 11.9. The Morgan fingerprint density at radius 1 is 1.37 bits per heavy atom. The van der Waals surface area contributed by atoms with Crippen molar-refractivity contribution in [2.45, 2.75) is 53.0 Å². The molecule has 1 aliphatic carbocycles. The van der Waals surface area contributed by atoms with E-state index in [-0.39, 0.29) is 6.03 Å². The van der Waals surface area contributed by atoms with Gasteiger partial charge in [-0.15, -0.1) is 0 Å². The Labute approximate surface area is 115 Å². The second-order valence-electron chi connectivity index (χ2n) is 6.42. The number of nitrogens with one attached hydrogen (secondary N) is 1. The van der Waals surface area contributed by atoms with Gasteiger partial charge in [0.1, 0.15) is 6.04 Å². The van der Waals surface area contributed by atoms with E-state index in [2.05, 4.69) is 5.32 Å². The lowest BCUT2D eigenvalue weighted by molar-refractivity contribution is -0.142. The monoisotopic (exact) mass is 270 g/mol. The largest absolute Gasteiger partial charge is 0.480 e. The predicted molar refractivity (Wildman–Crippen MR) is 74.0 cm³/mol. The minimum absolute atomic E-state index is 0.267. The highest BCUT2D eigenvalue weighted by molar-refractivity contribution is 5.83. The van der Waals surface area contributed by atoms with E-state index < -0.39 is 17.4 Å². The summed E-state index contributed by atoms with van der Waals surface area (Å²) in [6.45, 7) is 8.71. The van der Waals surface area contributed by atoms with Gasteiger partial charge in [0.05, 0.1) is 0 Å². The van der Waals surface area contributed by atoms with Crippen molar-refractivity contribution in [3.63, 3.8) is 0 Å². The maximum Gasteiger partial charge on any atom is 0.326 e. The first-order valence-electron chi connectivity index (χ1n) is 7.04. The molecule has 0 saturated heterocycles. The van der Waals surface area contributed by atoms with Gasteiger partial charge in [0.2, 0.25) is 0 Å². The highest BCUT2D eigenvalue weighted by atomic mass is 16.4. The highest BCUT2D eigenvalue weighted by Gasteiger charge is 2.34. The van der Waals surface area contributed by atoms with Crippen LogP contribution in [0.3, 0.4) is 0 Å². The number of carboxylic acid groups (broad SMARTS) is 1. The molecule has 2 amide bonds. The SMILES string of the molecule is CCN(CC1CCC1)C(=O)N[C@@H](C(=O)O)C(C)(C)C. The second-order valence-corrected chi connectivity index (χ2v) is 6.42. The van der Waals surface area contributed by atoms with Crippen LogP contribution in [-0.4, -0.2) is 41.1 Å². The molecule has 110 valence electrons. The topological polar surface area (TPSA) is 69.6 Å². The van der Waals surface area contributed by atoms with E-state index in [1.165, 1.54) is 19.3 Å². The van der Waals surface area contributed by atoms with Crippen LogP contribution in [0.4, 0.5) is 4.79 Å². The van der Waals surface area contributed by atoms with Crippen molar-refractivity contribution in [2.75, 3.05) is 13.1 Å². The third kappa shape index (κ3) is 4.40. The number of amides is 2. The molecule has 0 aromatic carbocycles. The van der Waals surface area contributed by atoms with Crippen molar-refractivity contribution < 1.29 is 14.7 Å². The zero-order valence-electron chi connectivity index (χ0n) is 12.4. The van der Waals surface area contributed by atoms with Gasteiger partial charge in [-0.05, 0) is 31.1 Å². The number of carbonyl (C=O) groups excluding carboxylic acids is 1. The predicted octanol–water partition coefficient (Wildman–Crippen LogP) is 2.32. The summed E-state index contributed by atoms with van der Waals surface area (Å²) >= 11 is 0. The van der Waals surface area contributed by atoms with Crippen molar-refractivity contribution in [1.82, 2.24) is 10.2 Å². The van der Waals surface area contributed by atoms with Gasteiger partial charge in [-0.3, -0.25) is 0 Å². The summed E-state index contributed by atoms with van der Waals surface area (Å²) < 4.78 is 0. The van der Waals surface area contributed by atoms with Crippen LogP contribution in [0.1, 0.15) is 47.0 Å². The Morgan fingerprint density at radius 2 is 1.95 bits per heavy atom. The molecule has 0 aromatic heterocycles. The zero-order chi connectivity index (χ0) is 14.6. The molecule has 19 heavy (non-hydrogen) atoms. The van der Waals surface area contributed by atoms with E-state index in [0.29, 0.717) is 12.5 Å². The van der Waals surface area contributed by atoms with Crippen molar-refractivity contribution in [3.8, 4) is 0 Å². The third-order valence-electron chi connectivity index (χ3n) is 3.75. The normalized spacial score (nSPS) is 17.5. The quantitative estimate of drug-likeness (QED) is 0.805. The van der Waals surface area contributed by atoms with Crippen LogP contribution < -0.4 is 5.32 Å². The number of carboxylic acids is 1. The Kier molecular flexibility index (Phi) is 5.20. The van der Waals surface area contributed by atoms with Gasteiger partial charge in [0.25, 0.3) is 0 Å². The molecule has 0 bridgehead atoms. The van der Waals surface area contributed by atoms with Crippen LogP contribution in [0.5, 0.6) is 0 Å². The lowest BCUT2D eigenvalue weighted by Crippen LogP contribution is -2.54. The van der Waals surface area contributed by atoms with Gasteiger partial charge in [-0.2, -0.15) is 0 Å². The fraction of sp³-hybridized carbons (Fsp3) is 0.857. The molecule has 0 aromatic rings. The van der Waals surface area contributed by atoms with Crippen molar-refractivity contribution in [3.05, 3.63) is 0 Å². The van der Waals surface area contributed by atoms with E-state index in [1.807, 2.05) is 27.7 Å². The molecular weight excluding hydrogens is 244 g/mol. The maximum absolute atomic E-state index is 12.2. The number of nitrogens with zero attached hydrogens (tertiary/aromatic N) is 1. The summed E-state index contributed by atoms with van der Waals surface area (Å²) in [5.74, 6) is -0.399. The molecule has 0 spiro atoms. The molecule has 0 heterocycles. The Bertz CT molecular complexity index is 332. The summed E-state index contributed by atoms with van der Waals surface area (Å²) in [6.07, 6.45) is 3.58. The molecule has 1 aliphatic rings. The van der Waals surface area contributed by atoms with Crippen LogP contribution in [0.15, 0.2) is 0 Å². The molecular formula is C14H26N2O3. The van der Waals surface area contributed by atoms with Crippen molar-refractivity contribution in [1.29, 1.82) is 0 Å². The number of carbonyl (C=O) groups is 2. The molecule has 0 unspecified atom stereocenters. The first-order valence-corrected chi connectivity index (χ1v) is 7.04. The Hall–Kier alpha value is -1.26. The van der Waals surface area contributed by atoms with E-state index >= 15 is 0 Å². The minimum atomic E-state index is -0.986. The van der Waals surface area contributed by atoms with Gasteiger partial charge in [-0.25, -0.2) is 9.59 Å². The molecule has 5 nitrogen and oxygen atoms in total. The van der Waals surface area contributed by atoms with Crippen molar-refractivity contribution in [2.24, 2.45) is 11.3 Å². The van der Waals surface area contributed by atoms with E-state index in [9.17, 15) is 14.7 Å². The van der Waals surface area contributed by atoms with Gasteiger partial charge in [0, 0.05) is 13.1 Å². The molecule has 5 heteroatoms. The Morgan fingerprint density at radius 3 is 2.26 bits per heavy atom. The third-order valence-corrected chi connectivity index (χ3v) is 3.75. The molecule has 1 atom stereocenters. The number of hydrogen-bond acceptors (Lipinski definition) is 2. The Balaban J connectivity index is 2.60. The van der Waals surface area contributed by atoms with Crippen LogP contribution in [0.25, 0.3) is 0 Å². The van der Waals surface area contributed by atoms with Gasteiger partial charge >= 0.3 is 12.0 Å². The molecule has 2 N–H and O–H groups in total. The maximum atomic E-state index is 12.2. The summed E-state index contributed by atoms with van der Waals surface area (Å²) in [6, 6.07) is -1.13. The van der Waals surface area contributed by atoms with Gasteiger partial charge in [0.15, 0.2) is 0 Å². The minimum Gasteiger partial charge on any atom is -0.480 e. The fourth-order valence-corrected chi connectivity index (χ4v) is 2.21. The number of aliphatic carboxylic acids is 1. The fourth-order valence-electron chi connectivity index (χ4n) is 2.21.